The van der Waals surface area contributed by atoms with Gasteiger partial charge in [0.25, 0.3) is 0 Å². The summed E-state index contributed by atoms with van der Waals surface area (Å²) in [6.45, 7) is 3.64. The third-order valence-electron chi connectivity index (χ3n) is 3.44. The van der Waals surface area contributed by atoms with Crippen molar-refractivity contribution in [1.29, 1.82) is 0 Å². The second kappa shape index (κ2) is 7.07. The lowest BCUT2D eigenvalue weighted by Gasteiger charge is -2.19. The number of allylic oxidation sites excluding steroid dienone is 2. The molecular weight excluding hydrogens is 238 g/mol. The van der Waals surface area contributed by atoms with Gasteiger partial charge in [0.05, 0.1) is 13.7 Å². The van der Waals surface area contributed by atoms with Gasteiger partial charge in [0, 0.05) is 18.3 Å². The van der Waals surface area contributed by atoms with Crippen molar-refractivity contribution >= 4 is 5.69 Å². The number of methoxy groups -OCH3 is 1. The molecule has 1 aliphatic carbocycles. The molecule has 0 saturated heterocycles. The normalized spacial score (nSPS) is 18.1. The summed E-state index contributed by atoms with van der Waals surface area (Å²) in [5.74, 6) is 2.33. The fourth-order valence-electron chi connectivity index (χ4n) is 2.36. The van der Waals surface area contributed by atoms with Crippen molar-refractivity contribution in [2.45, 2.75) is 26.2 Å². The second-order valence-corrected chi connectivity index (χ2v) is 4.83. The molecule has 1 aromatic carbocycles. The van der Waals surface area contributed by atoms with Gasteiger partial charge >= 0.3 is 0 Å². The summed E-state index contributed by atoms with van der Waals surface area (Å²) in [5.41, 5.74) is 1.10. The summed E-state index contributed by atoms with van der Waals surface area (Å²) in [5, 5.41) is 3.50. The topological polar surface area (TPSA) is 30.5 Å². The molecule has 0 heterocycles. The highest BCUT2D eigenvalue weighted by molar-refractivity contribution is 5.54. The molecule has 1 atom stereocenters. The molecular formula is C16H23NO2. The SMILES string of the molecule is CCOc1cc(NCC2CC=CCC2)ccc1OC. The quantitative estimate of drug-likeness (QED) is 0.789. The van der Waals surface area contributed by atoms with E-state index < -0.39 is 0 Å². The maximum atomic E-state index is 5.58. The van der Waals surface area contributed by atoms with Crippen molar-refractivity contribution < 1.29 is 9.47 Å². The third kappa shape index (κ3) is 3.91. The molecule has 1 unspecified atom stereocenters. The van der Waals surface area contributed by atoms with Gasteiger partial charge in [0.2, 0.25) is 0 Å². The van der Waals surface area contributed by atoms with E-state index in [1.54, 1.807) is 7.11 Å². The van der Waals surface area contributed by atoms with E-state index in [4.69, 9.17) is 9.47 Å². The van der Waals surface area contributed by atoms with Crippen LogP contribution in [0.4, 0.5) is 5.69 Å². The highest BCUT2D eigenvalue weighted by Gasteiger charge is 2.10. The van der Waals surface area contributed by atoms with Gasteiger partial charge in [-0.1, -0.05) is 12.2 Å². The van der Waals surface area contributed by atoms with Gasteiger partial charge in [-0.25, -0.2) is 0 Å². The third-order valence-corrected chi connectivity index (χ3v) is 3.44. The molecule has 1 aromatic rings. The van der Waals surface area contributed by atoms with Gasteiger partial charge in [-0.05, 0) is 44.2 Å². The summed E-state index contributed by atoms with van der Waals surface area (Å²) in [6.07, 6.45) is 8.23. The zero-order chi connectivity index (χ0) is 13.5. The fourth-order valence-corrected chi connectivity index (χ4v) is 2.36. The molecule has 3 heteroatoms. The summed E-state index contributed by atoms with van der Waals surface area (Å²) in [6, 6.07) is 6.01. The molecule has 0 amide bonds. The van der Waals surface area contributed by atoms with E-state index in [0.717, 1.165) is 29.6 Å². The van der Waals surface area contributed by atoms with Gasteiger partial charge < -0.3 is 14.8 Å². The molecule has 0 fully saturated rings. The number of ether oxygens (including phenoxy) is 2. The number of hydrogen-bond donors (Lipinski definition) is 1. The maximum Gasteiger partial charge on any atom is 0.163 e. The number of nitrogens with one attached hydrogen (secondary N) is 1. The Balaban J connectivity index is 1.95. The monoisotopic (exact) mass is 261 g/mol. The van der Waals surface area contributed by atoms with Crippen molar-refractivity contribution in [3.63, 3.8) is 0 Å². The number of rotatable bonds is 6. The lowest BCUT2D eigenvalue weighted by atomic mass is 9.94. The average molecular weight is 261 g/mol. The fraction of sp³-hybridized carbons (Fsp3) is 0.500. The lowest BCUT2D eigenvalue weighted by molar-refractivity contribution is 0.311. The molecule has 0 aliphatic heterocycles. The number of anilines is 1. The molecule has 0 saturated carbocycles. The van der Waals surface area contributed by atoms with E-state index in [2.05, 4.69) is 17.5 Å². The molecule has 3 nitrogen and oxygen atoms in total. The van der Waals surface area contributed by atoms with E-state index >= 15 is 0 Å². The zero-order valence-electron chi connectivity index (χ0n) is 11.8. The first-order chi connectivity index (χ1) is 9.33. The lowest BCUT2D eigenvalue weighted by Crippen LogP contribution is -2.15. The van der Waals surface area contributed by atoms with Crippen LogP contribution < -0.4 is 14.8 Å². The van der Waals surface area contributed by atoms with Gasteiger partial charge in [0.1, 0.15) is 0 Å². The van der Waals surface area contributed by atoms with Crippen LogP contribution in [-0.4, -0.2) is 20.3 Å². The van der Waals surface area contributed by atoms with Crippen molar-refractivity contribution in [2.75, 3.05) is 25.6 Å². The highest BCUT2D eigenvalue weighted by Crippen LogP contribution is 2.30. The number of hydrogen-bond acceptors (Lipinski definition) is 3. The molecule has 0 spiro atoms. The minimum absolute atomic E-state index is 0.646. The van der Waals surface area contributed by atoms with E-state index in [-0.39, 0.29) is 0 Å². The Hall–Kier alpha value is -1.64. The van der Waals surface area contributed by atoms with Gasteiger partial charge in [-0.2, -0.15) is 0 Å². The average Bonchev–Trinajstić information content (AvgIpc) is 2.47. The Kier molecular flexibility index (Phi) is 5.13. The van der Waals surface area contributed by atoms with Crippen LogP contribution in [0.2, 0.25) is 0 Å². The largest absolute Gasteiger partial charge is 0.493 e. The first-order valence-corrected chi connectivity index (χ1v) is 7.03. The van der Waals surface area contributed by atoms with Crippen LogP contribution in [0.15, 0.2) is 30.4 Å². The minimum atomic E-state index is 0.646. The molecule has 0 bridgehead atoms. The van der Waals surface area contributed by atoms with Crippen molar-refractivity contribution in [3.05, 3.63) is 30.4 Å². The predicted octanol–water partition coefficient (Wildman–Crippen LogP) is 3.86. The Bertz CT molecular complexity index is 429. The minimum Gasteiger partial charge on any atom is -0.493 e. The summed E-state index contributed by atoms with van der Waals surface area (Å²) in [7, 11) is 1.67. The Morgan fingerprint density at radius 2 is 2.16 bits per heavy atom. The molecule has 1 N–H and O–H groups in total. The molecule has 0 radical (unpaired) electrons. The maximum absolute atomic E-state index is 5.58. The number of benzene rings is 1. The molecule has 104 valence electrons. The Morgan fingerprint density at radius 1 is 1.26 bits per heavy atom. The van der Waals surface area contributed by atoms with Crippen molar-refractivity contribution in [2.24, 2.45) is 5.92 Å². The molecule has 0 aromatic heterocycles. The first-order valence-electron chi connectivity index (χ1n) is 7.03. The standard InChI is InChI=1S/C16H23NO2/c1-3-19-16-11-14(9-10-15(16)18-2)17-12-13-7-5-4-6-8-13/h4-5,9-11,13,17H,3,6-8,12H2,1-2H3. The molecule has 2 rings (SSSR count). The Labute approximate surface area is 115 Å². The van der Waals surface area contributed by atoms with Crippen LogP contribution >= 0.6 is 0 Å². The second-order valence-electron chi connectivity index (χ2n) is 4.83. The first kappa shape index (κ1) is 13.8. The van der Waals surface area contributed by atoms with Crippen LogP contribution in [-0.2, 0) is 0 Å². The van der Waals surface area contributed by atoms with Crippen LogP contribution in [0.5, 0.6) is 11.5 Å². The van der Waals surface area contributed by atoms with Crippen LogP contribution in [0.1, 0.15) is 26.2 Å². The Morgan fingerprint density at radius 3 is 2.84 bits per heavy atom. The van der Waals surface area contributed by atoms with Gasteiger partial charge in [-0.3, -0.25) is 0 Å². The summed E-state index contributed by atoms with van der Waals surface area (Å²) >= 11 is 0. The highest BCUT2D eigenvalue weighted by atomic mass is 16.5. The van der Waals surface area contributed by atoms with E-state index in [1.165, 1.54) is 19.3 Å². The zero-order valence-corrected chi connectivity index (χ0v) is 11.8. The summed E-state index contributed by atoms with van der Waals surface area (Å²) in [4.78, 5) is 0. The van der Waals surface area contributed by atoms with E-state index in [1.807, 2.05) is 25.1 Å². The van der Waals surface area contributed by atoms with E-state index in [9.17, 15) is 0 Å². The van der Waals surface area contributed by atoms with Crippen LogP contribution in [0, 0.1) is 5.92 Å². The van der Waals surface area contributed by atoms with Crippen LogP contribution in [0.25, 0.3) is 0 Å². The smallest absolute Gasteiger partial charge is 0.163 e. The van der Waals surface area contributed by atoms with E-state index in [0.29, 0.717) is 6.61 Å². The van der Waals surface area contributed by atoms with Crippen LogP contribution in [0.3, 0.4) is 0 Å². The summed E-state index contributed by atoms with van der Waals surface area (Å²) < 4.78 is 10.9. The van der Waals surface area contributed by atoms with Crippen molar-refractivity contribution in [1.82, 2.24) is 0 Å². The van der Waals surface area contributed by atoms with Gasteiger partial charge in [0.15, 0.2) is 11.5 Å². The molecule has 19 heavy (non-hydrogen) atoms. The predicted molar refractivity (Wildman–Crippen MR) is 79.1 cm³/mol. The van der Waals surface area contributed by atoms with Gasteiger partial charge in [-0.15, -0.1) is 0 Å². The molecule has 1 aliphatic rings. The van der Waals surface area contributed by atoms with Crippen molar-refractivity contribution in [3.8, 4) is 11.5 Å².